The lowest BCUT2D eigenvalue weighted by atomic mass is 10.1. The van der Waals surface area contributed by atoms with Crippen LogP contribution >= 0.6 is 27.3 Å². The Hall–Kier alpha value is -1.32. The van der Waals surface area contributed by atoms with E-state index in [0.29, 0.717) is 6.61 Å². The van der Waals surface area contributed by atoms with Gasteiger partial charge in [-0.25, -0.2) is 0 Å². The summed E-state index contributed by atoms with van der Waals surface area (Å²) in [7, 11) is 0. The summed E-state index contributed by atoms with van der Waals surface area (Å²) in [4.78, 5) is 1.22. The van der Waals surface area contributed by atoms with E-state index in [-0.39, 0.29) is 0 Å². The van der Waals surface area contributed by atoms with Crippen molar-refractivity contribution in [1.29, 1.82) is 0 Å². The molecular weight excluding hydrogens is 308 g/mol. The number of thiophene rings is 1. The van der Waals surface area contributed by atoms with Gasteiger partial charge in [0.15, 0.2) is 0 Å². The van der Waals surface area contributed by atoms with Crippen molar-refractivity contribution in [1.82, 2.24) is 0 Å². The van der Waals surface area contributed by atoms with Crippen LogP contribution in [0.25, 0.3) is 10.8 Å². The molecule has 2 aromatic carbocycles. The van der Waals surface area contributed by atoms with Gasteiger partial charge in [0.25, 0.3) is 0 Å². The highest BCUT2D eigenvalue weighted by Gasteiger charge is 2.03. The van der Waals surface area contributed by atoms with Crippen molar-refractivity contribution in [3.8, 4) is 5.75 Å². The smallest absolute Gasteiger partial charge is 0.127 e. The van der Waals surface area contributed by atoms with E-state index in [1.807, 2.05) is 30.3 Å². The molecule has 0 fully saturated rings. The second-order valence-corrected chi connectivity index (χ2v) is 6.52. The maximum Gasteiger partial charge on any atom is 0.127 e. The molecule has 0 aliphatic heterocycles. The Bertz CT molecular complexity index is 670. The van der Waals surface area contributed by atoms with E-state index in [9.17, 15) is 0 Å². The first-order valence-corrected chi connectivity index (χ1v) is 7.29. The minimum atomic E-state index is 0.615. The highest BCUT2D eigenvalue weighted by atomic mass is 79.9. The molecule has 18 heavy (non-hydrogen) atoms. The largest absolute Gasteiger partial charge is 0.487 e. The first-order chi connectivity index (χ1) is 8.83. The summed E-state index contributed by atoms with van der Waals surface area (Å²) in [5.74, 6) is 0.942. The van der Waals surface area contributed by atoms with Gasteiger partial charge in [0.05, 0.1) is 3.79 Å². The molecule has 90 valence electrons. The summed E-state index contributed by atoms with van der Waals surface area (Å²) in [6, 6.07) is 18.6. The van der Waals surface area contributed by atoms with Gasteiger partial charge in [-0.1, -0.05) is 36.4 Å². The second kappa shape index (κ2) is 5.12. The number of hydrogen-bond acceptors (Lipinski definition) is 2. The first kappa shape index (κ1) is 11.8. The van der Waals surface area contributed by atoms with Crippen molar-refractivity contribution >= 4 is 38.0 Å². The predicted octanol–water partition coefficient (Wildman–Crippen LogP) is 5.24. The summed E-state index contributed by atoms with van der Waals surface area (Å²) in [5, 5.41) is 2.37. The molecular formula is C15H11BrOS. The van der Waals surface area contributed by atoms with E-state index < -0.39 is 0 Å². The van der Waals surface area contributed by atoms with Gasteiger partial charge in [-0.05, 0) is 39.5 Å². The minimum Gasteiger partial charge on any atom is -0.487 e. The van der Waals surface area contributed by atoms with E-state index in [0.717, 1.165) is 14.9 Å². The standard InChI is InChI=1S/C15H11BrOS/c16-15-9-8-12(18-15)10-17-14-7-3-5-11-4-1-2-6-13(11)14/h1-9H,10H2. The van der Waals surface area contributed by atoms with Crippen molar-refractivity contribution in [3.05, 3.63) is 63.3 Å². The van der Waals surface area contributed by atoms with Crippen LogP contribution in [-0.2, 0) is 6.61 Å². The maximum absolute atomic E-state index is 5.91. The van der Waals surface area contributed by atoms with Gasteiger partial charge in [-0.15, -0.1) is 11.3 Å². The Labute approximate surface area is 118 Å². The highest BCUT2D eigenvalue weighted by molar-refractivity contribution is 9.11. The quantitative estimate of drug-likeness (QED) is 0.641. The lowest BCUT2D eigenvalue weighted by Gasteiger charge is -2.08. The minimum absolute atomic E-state index is 0.615. The zero-order valence-corrected chi connectivity index (χ0v) is 12.0. The zero-order chi connectivity index (χ0) is 12.4. The van der Waals surface area contributed by atoms with Gasteiger partial charge in [0, 0.05) is 10.3 Å². The molecule has 3 heteroatoms. The van der Waals surface area contributed by atoms with Crippen molar-refractivity contribution in [2.75, 3.05) is 0 Å². The number of ether oxygens (including phenoxy) is 1. The predicted molar refractivity (Wildman–Crippen MR) is 80.3 cm³/mol. The van der Waals surface area contributed by atoms with Crippen LogP contribution in [-0.4, -0.2) is 0 Å². The maximum atomic E-state index is 5.91. The molecule has 3 rings (SSSR count). The fraction of sp³-hybridized carbons (Fsp3) is 0.0667. The summed E-state index contributed by atoms with van der Waals surface area (Å²) >= 11 is 5.17. The molecule has 1 nitrogen and oxygen atoms in total. The molecule has 0 radical (unpaired) electrons. The summed E-state index contributed by atoms with van der Waals surface area (Å²) in [6.45, 7) is 0.615. The molecule has 0 N–H and O–H groups in total. The van der Waals surface area contributed by atoms with Gasteiger partial charge in [-0.2, -0.15) is 0 Å². The first-order valence-electron chi connectivity index (χ1n) is 5.68. The van der Waals surface area contributed by atoms with E-state index in [1.165, 1.54) is 10.3 Å². The van der Waals surface area contributed by atoms with E-state index >= 15 is 0 Å². The third kappa shape index (κ3) is 2.42. The molecule has 0 saturated carbocycles. The topological polar surface area (TPSA) is 9.23 Å². The van der Waals surface area contributed by atoms with Crippen molar-refractivity contribution < 1.29 is 4.74 Å². The Morgan fingerprint density at radius 2 is 1.78 bits per heavy atom. The Kier molecular flexibility index (Phi) is 3.35. The lowest BCUT2D eigenvalue weighted by Crippen LogP contribution is -1.93. The van der Waals surface area contributed by atoms with Gasteiger partial charge < -0.3 is 4.74 Å². The van der Waals surface area contributed by atoms with E-state index in [2.05, 4.69) is 40.2 Å². The third-order valence-electron chi connectivity index (χ3n) is 2.75. The van der Waals surface area contributed by atoms with Crippen LogP contribution in [0.1, 0.15) is 4.88 Å². The number of fused-ring (bicyclic) bond motifs is 1. The van der Waals surface area contributed by atoms with Gasteiger partial charge >= 0.3 is 0 Å². The van der Waals surface area contributed by atoms with Crippen LogP contribution in [0.5, 0.6) is 5.75 Å². The Morgan fingerprint density at radius 3 is 2.61 bits per heavy atom. The SMILES string of the molecule is Brc1ccc(COc2cccc3ccccc23)s1. The number of rotatable bonds is 3. The van der Waals surface area contributed by atoms with Gasteiger partial charge in [0.1, 0.15) is 12.4 Å². The molecule has 0 aliphatic rings. The fourth-order valence-corrected chi connectivity index (χ4v) is 3.30. The summed E-state index contributed by atoms with van der Waals surface area (Å²) < 4.78 is 7.05. The van der Waals surface area contributed by atoms with Crippen molar-refractivity contribution in [2.45, 2.75) is 6.61 Å². The Morgan fingerprint density at radius 1 is 0.944 bits per heavy atom. The zero-order valence-electron chi connectivity index (χ0n) is 9.60. The second-order valence-electron chi connectivity index (χ2n) is 3.97. The van der Waals surface area contributed by atoms with Crippen LogP contribution < -0.4 is 4.74 Å². The average molecular weight is 319 g/mol. The molecule has 0 bridgehead atoms. The normalized spacial score (nSPS) is 10.7. The van der Waals surface area contributed by atoms with Crippen LogP contribution in [0.3, 0.4) is 0 Å². The van der Waals surface area contributed by atoms with Gasteiger partial charge in [0.2, 0.25) is 0 Å². The van der Waals surface area contributed by atoms with Crippen molar-refractivity contribution in [2.24, 2.45) is 0 Å². The number of hydrogen-bond donors (Lipinski definition) is 0. The van der Waals surface area contributed by atoms with Crippen LogP contribution in [0.4, 0.5) is 0 Å². The van der Waals surface area contributed by atoms with Crippen LogP contribution in [0.2, 0.25) is 0 Å². The highest BCUT2D eigenvalue weighted by Crippen LogP contribution is 2.28. The van der Waals surface area contributed by atoms with Crippen LogP contribution in [0, 0.1) is 0 Å². The summed E-state index contributed by atoms with van der Waals surface area (Å²) in [6.07, 6.45) is 0. The van der Waals surface area contributed by atoms with E-state index in [4.69, 9.17) is 4.74 Å². The molecule has 0 atom stereocenters. The molecule has 0 amide bonds. The third-order valence-corrected chi connectivity index (χ3v) is 4.35. The molecule has 0 unspecified atom stereocenters. The Balaban J connectivity index is 1.86. The molecule has 0 spiro atoms. The molecule has 1 aromatic heterocycles. The van der Waals surface area contributed by atoms with Crippen molar-refractivity contribution in [3.63, 3.8) is 0 Å². The average Bonchev–Trinajstić information content (AvgIpc) is 2.82. The molecule has 0 aliphatic carbocycles. The molecule has 1 heterocycles. The number of benzene rings is 2. The van der Waals surface area contributed by atoms with Gasteiger partial charge in [-0.3, -0.25) is 0 Å². The molecule has 3 aromatic rings. The number of halogens is 1. The fourth-order valence-electron chi connectivity index (χ4n) is 1.90. The van der Waals surface area contributed by atoms with Crippen LogP contribution in [0.15, 0.2) is 58.4 Å². The monoisotopic (exact) mass is 318 g/mol. The van der Waals surface area contributed by atoms with E-state index in [1.54, 1.807) is 11.3 Å². The summed E-state index contributed by atoms with van der Waals surface area (Å²) in [5.41, 5.74) is 0. The molecule has 0 saturated heterocycles. The lowest BCUT2D eigenvalue weighted by molar-refractivity contribution is 0.313.